The van der Waals surface area contributed by atoms with E-state index in [-0.39, 0.29) is 17.2 Å². The molecule has 2 aromatic heterocycles. The first-order chi connectivity index (χ1) is 17.7. The number of nitrogens with zero attached hydrogens (tertiary/aromatic N) is 3. The quantitative estimate of drug-likeness (QED) is 0.289. The molecule has 7 nitrogen and oxygen atoms in total. The standard InChI is InChI=1S/C26H19F3N4O3S/c27-26(28,29)36-22-7-1-4-18(16-22)17-33-15-14-31-25(33)20-9-11-21(12-10-20)32-37(34,35)23-8-2-5-19-6-3-13-30-24(19)23/h1-16,32H,17H2. The van der Waals surface area contributed by atoms with Crippen molar-refractivity contribution in [2.45, 2.75) is 17.8 Å². The van der Waals surface area contributed by atoms with Crippen molar-refractivity contribution in [1.29, 1.82) is 0 Å². The fourth-order valence-electron chi connectivity index (χ4n) is 3.93. The minimum atomic E-state index is -4.77. The van der Waals surface area contributed by atoms with Crippen LogP contribution >= 0.6 is 0 Å². The third kappa shape index (κ3) is 5.56. The number of sulfonamides is 1. The molecule has 1 N–H and O–H groups in total. The molecule has 5 aromatic rings. The zero-order valence-corrected chi connectivity index (χ0v) is 19.9. The molecule has 0 aliphatic carbocycles. The predicted octanol–water partition coefficient (Wildman–Crippen LogP) is 5.85. The Kier molecular flexibility index (Phi) is 6.30. The van der Waals surface area contributed by atoms with Gasteiger partial charge in [-0.1, -0.05) is 30.3 Å². The summed E-state index contributed by atoms with van der Waals surface area (Å²) >= 11 is 0. The summed E-state index contributed by atoms with van der Waals surface area (Å²) < 4.78 is 72.1. The Labute approximate surface area is 210 Å². The van der Waals surface area contributed by atoms with Crippen molar-refractivity contribution in [3.8, 4) is 17.1 Å². The molecule has 3 aromatic carbocycles. The van der Waals surface area contributed by atoms with Crippen LogP contribution in [0.4, 0.5) is 18.9 Å². The molecular formula is C26H19F3N4O3S. The van der Waals surface area contributed by atoms with E-state index in [1.807, 2.05) is 0 Å². The van der Waals surface area contributed by atoms with Gasteiger partial charge < -0.3 is 9.30 Å². The largest absolute Gasteiger partial charge is 0.573 e. The minimum absolute atomic E-state index is 0.0713. The van der Waals surface area contributed by atoms with Gasteiger partial charge in [0.2, 0.25) is 0 Å². The number of aromatic nitrogens is 3. The lowest BCUT2D eigenvalue weighted by Gasteiger charge is -2.12. The van der Waals surface area contributed by atoms with Crippen LogP contribution in [0, 0.1) is 0 Å². The Bertz CT molecular complexity index is 1660. The van der Waals surface area contributed by atoms with Crippen molar-refractivity contribution in [1.82, 2.24) is 14.5 Å². The van der Waals surface area contributed by atoms with Gasteiger partial charge in [-0.15, -0.1) is 13.2 Å². The van der Waals surface area contributed by atoms with E-state index in [1.165, 1.54) is 30.5 Å². The van der Waals surface area contributed by atoms with Crippen molar-refractivity contribution >= 4 is 26.6 Å². The highest BCUT2D eigenvalue weighted by Gasteiger charge is 2.31. The van der Waals surface area contributed by atoms with Gasteiger partial charge >= 0.3 is 6.36 Å². The molecule has 5 rings (SSSR count). The molecule has 0 radical (unpaired) electrons. The molecule has 188 valence electrons. The predicted molar refractivity (Wildman–Crippen MR) is 132 cm³/mol. The first-order valence-corrected chi connectivity index (χ1v) is 12.5. The van der Waals surface area contributed by atoms with Gasteiger partial charge in [-0.3, -0.25) is 9.71 Å². The van der Waals surface area contributed by atoms with Crippen molar-refractivity contribution in [2.24, 2.45) is 0 Å². The number of pyridine rings is 1. The van der Waals surface area contributed by atoms with Crippen LogP contribution in [0.25, 0.3) is 22.3 Å². The third-order valence-electron chi connectivity index (χ3n) is 5.48. The first-order valence-electron chi connectivity index (χ1n) is 11.0. The average molecular weight is 525 g/mol. The van der Waals surface area contributed by atoms with Gasteiger partial charge in [0.15, 0.2) is 0 Å². The number of alkyl halides is 3. The Morgan fingerprint density at radius 1 is 0.892 bits per heavy atom. The molecule has 0 spiro atoms. The van der Waals surface area contributed by atoms with Crippen molar-refractivity contribution in [2.75, 3.05) is 4.72 Å². The summed E-state index contributed by atoms with van der Waals surface area (Å²) in [5.74, 6) is 0.263. The van der Waals surface area contributed by atoms with Crippen molar-refractivity contribution < 1.29 is 26.3 Å². The smallest absolute Gasteiger partial charge is 0.406 e. The summed E-state index contributed by atoms with van der Waals surface area (Å²) in [6.45, 7) is 0.257. The Hall–Kier alpha value is -4.38. The van der Waals surface area contributed by atoms with Crippen LogP contribution in [0.1, 0.15) is 5.56 Å². The number of benzene rings is 3. The molecule has 0 saturated heterocycles. The zero-order valence-electron chi connectivity index (χ0n) is 19.1. The molecule has 0 saturated carbocycles. The molecule has 37 heavy (non-hydrogen) atoms. The number of ether oxygens (including phenoxy) is 1. The molecule has 0 atom stereocenters. The second-order valence-electron chi connectivity index (χ2n) is 8.09. The number of para-hydroxylation sites is 1. The van der Waals surface area contributed by atoms with E-state index in [4.69, 9.17) is 0 Å². The number of rotatable bonds is 7. The number of fused-ring (bicyclic) bond motifs is 1. The van der Waals surface area contributed by atoms with Gasteiger partial charge in [0, 0.05) is 41.8 Å². The molecule has 0 aliphatic rings. The first kappa shape index (κ1) is 24.3. The highest BCUT2D eigenvalue weighted by molar-refractivity contribution is 7.93. The Balaban J connectivity index is 1.35. The summed E-state index contributed by atoms with van der Waals surface area (Å²) in [4.78, 5) is 8.64. The number of hydrogen-bond donors (Lipinski definition) is 1. The summed E-state index contributed by atoms with van der Waals surface area (Å²) in [7, 11) is -3.90. The second kappa shape index (κ2) is 9.58. The SMILES string of the molecule is O=S(=O)(Nc1ccc(-c2nccn2Cc2cccc(OC(F)(F)F)c2)cc1)c1cccc2cccnc12. The highest BCUT2D eigenvalue weighted by Crippen LogP contribution is 2.27. The molecule has 11 heteroatoms. The lowest BCUT2D eigenvalue weighted by Crippen LogP contribution is -2.17. The van der Waals surface area contributed by atoms with Crippen LogP contribution < -0.4 is 9.46 Å². The number of anilines is 1. The molecule has 0 unspecified atom stereocenters. The average Bonchev–Trinajstić information content (AvgIpc) is 3.31. The molecule has 0 amide bonds. The van der Waals surface area contributed by atoms with E-state index < -0.39 is 16.4 Å². The maximum absolute atomic E-state index is 13.1. The highest BCUT2D eigenvalue weighted by atomic mass is 32.2. The molecule has 0 fully saturated rings. The van der Waals surface area contributed by atoms with Crippen molar-refractivity contribution in [3.63, 3.8) is 0 Å². The summed E-state index contributed by atoms with van der Waals surface area (Å²) in [6, 6.07) is 20.8. The van der Waals surface area contributed by atoms with Crippen LogP contribution in [0.15, 0.2) is 102 Å². The van der Waals surface area contributed by atoms with E-state index in [0.29, 0.717) is 33.5 Å². The van der Waals surface area contributed by atoms with Crippen LogP contribution in [-0.4, -0.2) is 29.3 Å². The van der Waals surface area contributed by atoms with E-state index in [1.54, 1.807) is 71.6 Å². The number of imidazole rings is 1. The van der Waals surface area contributed by atoms with Crippen LogP contribution in [0.5, 0.6) is 5.75 Å². The van der Waals surface area contributed by atoms with Gasteiger partial charge in [-0.2, -0.15) is 0 Å². The summed E-state index contributed by atoms with van der Waals surface area (Å²) in [5.41, 5.74) is 2.02. The number of halogens is 3. The van der Waals surface area contributed by atoms with Crippen molar-refractivity contribution in [3.05, 3.63) is 103 Å². The molecule has 0 aliphatic heterocycles. The van der Waals surface area contributed by atoms with Crippen LogP contribution in [0.3, 0.4) is 0 Å². The lowest BCUT2D eigenvalue weighted by atomic mass is 10.1. The van der Waals surface area contributed by atoms with Gasteiger partial charge in [-0.05, 0) is 54.1 Å². The number of hydrogen-bond acceptors (Lipinski definition) is 5. The monoisotopic (exact) mass is 524 g/mol. The van der Waals surface area contributed by atoms with Gasteiger partial charge in [0.1, 0.15) is 16.5 Å². The normalized spacial score (nSPS) is 12.0. The van der Waals surface area contributed by atoms with Gasteiger partial charge in [0.05, 0.1) is 5.52 Å². The lowest BCUT2D eigenvalue weighted by molar-refractivity contribution is -0.274. The maximum atomic E-state index is 13.1. The van der Waals surface area contributed by atoms with E-state index in [2.05, 4.69) is 19.4 Å². The van der Waals surface area contributed by atoms with E-state index in [0.717, 1.165) is 0 Å². The third-order valence-corrected chi connectivity index (χ3v) is 6.89. The molecule has 2 heterocycles. The Morgan fingerprint density at radius 2 is 1.65 bits per heavy atom. The topological polar surface area (TPSA) is 86.1 Å². The van der Waals surface area contributed by atoms with Crippen LogP contribution in [0.2, 0.25) is 0 Å². The Morgan fingerprint density at radius 3 is 2.43 bits per heavy atom. The van der Waals surface area contributed by atoms with E-state index >= 15 is 0 Å². The molecular weight excluding hydrogens is 505 g/mol. The zero-order chi connectivity index (χ0) is 26.0. The fraction of sp³-hybridized carbons (Fsp3) is 0.0769. The second-order valence-corrected chi connectivity index (χ2v) is 9.74. The molecule has 0 bridgehead atoms. The summed E-state index contributed by atoms with van der Waals surface area (Å²) in [6.07, 6.45) is 0.0519. The minimum Gasteiger partial charge on any atom is -0.406 e. The maximum Gasteiger partial charge on any atom is 0.573 e. The fourth-order valence-corrected chi connectivity index (χ4v) is 5.16. The van der Waals surface area contributed by atoms with Gasteiger partial charge in [0.25, 0.3) is 10.0 Å². The van der Waals surface area contributed by atoms with E-state index in [9.17, 15) is 21.6 Å². The van der Waals surface area contributed by atoms with Gasteiger partial charge in [-0.25, -0.2) is 13.4 Å². The number of nitrogens with one attached hydrogen (secondary N) is 1. The van der Waals surface area contributed by atoms with Crippen LogP contribution in [-0.2, 0) is 16.6 Å². The summed E-state index contributed by atoms with van der Waals surface area (Å²) in [5, 5.41) is 0.711.